The van der Waals surface area contributed by atoms with Crippen molar-refractivity contribution < 1.29 is 14.3 Å². The topological polar surface area (TPSA) is 70.4 Å². The molecule has 0 aliphatic rings. The van der Waals surface area contributed by atoms with Gasteiger partial charge in [-0.15, -0.1) is 0 Å². The molecule has 0 saturated carbocycles. The summed E-state index contributed by atoms with van der Waals surface area (Å²) in [5, 5.41) is 9.18. The molecule has 0 aromatic heterocycles. The smallest absolute Gasteiger partial charge is 0.325 e. The first-order chi connectivity index (χ1) is 9.62. The normalized spacial score (nSPS) is 11.2. The highest BCUT2D eigenvalue weighted by Crippen LogP contribution is 2.11. The van der Waals surface area contributed by atoms with Gasteiger partial charge in [0.1, 0.15) is 12.5 Å². The fourth-order valence-electron chi connectivity index (χ4n) is 1.82. The molecule has 5 heteroatoms. The SMILES string of the molecule is CCN(CC(=O)OC)C(=O)C(C#N)Cc1ccccc1. The molecule has 1 aromatic rings. The van der Waals surface area contributed by atoms with E-state index in [1.807, 2.05) is 36.4 Å². The second-order valence-corrected chi connectivity index (χ2v) is 4.30. The number of carbonyl (C=O) groups is 2. The number of rotatable bonds is 6. The maximum atomic E-state index is 12.3. The van der Waals surface area contributed by atoms with Gasteiger partial charge in [-0.3, -0.25) is 9.59 Å². The Labute approximate surface area is 118 Å². The molecule has 0 saturated heterocycles. The number of methoxy groups -OCH3 is 1. The fraction of sp³-hybridized carbons (Fsp3) is 0.400. The van der Waals surface area contributed by atoms with Crippen molar-refractivity contribution in [3.8, 4) is 6.07 Å². The van der Waals surface area contributed by atoms with Gasteiger partial charge < -0.3 is 9.64 Å². The van der Waals surface area contributed by atoms with E-state index in [1.165, 1.54) is 12.0 Å². The number of hydrogen-bond acceptors (Lipinski definition) is 4. The number of esters is 1. The number of nitrogens with zero attached hydrogens (tertiary/aromatic N) is 2. The molecule has 1 rings (SSSR count). The summed E-state index contributed by atoms with van der Waals surface area (Å²) in [7, 11) is 1.27. The van der Waals surface area contributed by atoms with Crippen LogP contribution in [0.2, 0.25) is 0 Å². The lowest BCUT2D eigenvalue weighted by molar-refractivity contribution is -0.147. The van der Waals surface area contributed by atoms with Crippen LogP contribution in [0.5, 0.6) is 0 Å². The van der Waals surface area contributed by atoms with Crippen molar-refractivity contribution in [2.45, 2.75) is 13.3 Å². The summed E-state index contributed by atoms with van der Waals surface area (Å²) in [5.74, 6) is -1.62. The van der Waals surface area contributed by atoms with Crippen LogP contribution in [0.3, 0.4) is 0 Å². The van der Waals surface area contributed by atoms with E-state index in [-0.39, 0.29) is 12.5 Å². The Kier molecular flexibility index (Phi) is 6.24. The van der Waals surface area contributed by atoms with Crippen LogP contribution in [-0.2, 0) is 20.7 Å². The van der Waals surface area contributed by atoms with Gasteiger partial charge in [0.2, 0.25) is 5.91 Å². The highest BCUT2D eigenvalue weighted by Gasteiger charge is 2.25. The first-order valence-electron chi connectivity index (χ1n) is 6.41. The second-order valence-electron chi connectivity index (χ2n) is 4.30. The van der Waals surface area contributed by atoms with Gasteiger partial charge in [-0.05, 0) is 18.9 Å². The fourth-order valence-corrected chi connectivity index (χ4v) is 1.82. The first kappa shape index (κ1) is 15.7. The number of likely N-dealkylation sites (N-methyl/N-ethyl adjacent to an activating group) is 1. The Bertz CT molecular complexity index is 494. The zero-order valence-corrected chi connectivity index (χ0v) is 11.7. The van der Waals surface area contributed by atoms with Crippen LogP contribution in [0.25, 0.3) is 0 Å². The Morgan fingerprint density at radius 1 is 1.35 bits per heavy atom. The largest absolute Gasteiger partial charge is 0.468 e. The summed E-state index contributed by atoms with van der Waals surface area (Å²) in [6.07, 6.45) is 0.341. The highest BCUT2D eigenvalue weighted by atomic mass is 16.5. The maximum absolute atomic E-state index is 12.3. The van der Waals surface area contributed by atoms with Crippen molar-refractivity contribution in [2.75, 3.05) is 20.2 Å². The zero-order valence-electron chi connectivity index (χ0n) is 11.7. The number of amides is 1. The third-order valence-electron chi connectivity index (χ3n) is 2.98. The van der Waals surface area contributed by atoms with Crippen molar-refractivity contribution in [3.05, 3.63) is 35.9 Å². The number of hydrogen-bond donors (Lipinski definition) is 0. The first-order valence-corrected chi connectivity index (χ1v) is 6.41. The van der Waals surface area contributed by atoms with E-state index in [9.17, 15) is 14.9 Å². The molecule has 1 amide bonds. The lowest BCUT2D eigenvalue weighted by Gasteiger charge is -2.22. The number of carbonyl (C=O) groups excluding carboxylic acids is 2. The third kappa shape index (κ3) is 4.39. The van der Waals surface area contributed by atoms with Crippen molar-refractivity contribution in [2.24, 2.45) is 5.92 Å². The molecule has 0 aliphatic carbocycles. The quantitative estimate of drug-likeness (QED) is 0.735. The molecular weight excluding hydrogens is 256 g/mol. The number of benzene rings is 1. The van der Waals surface area contributed by atoms with E-state index in [4.69, 9.17) is 0 Å². The van der Waals surface area contributed by atoms with E-state index in [1.54, 1.807) is 6.92 Å². The molecule has 106 valence electrons. The molecule has 0 N–H and O–H groups in total. The molecule has 0 aliphatic heterocycles. The molecule has 1 unspecified atom stereocenters. The van der Waals surface area contributed by atoms with Crippen molar-refractivity contribution in [3.63, 3.8) is 0 Å². The van der Waals surface area contributed by atoms with Crippen LogP contribution < -0.4 is 0 Å². The summed E-state index contributed by atoms with van der Waals surface area (Å²) in [4.78, 5) is 24.8. The van der Waals surface area contributed by atoms with Crippen LogP contribution >= 0.6 is 0 Å². The van der Waals surface area contributed by atoms with Crippen molar-refractivity contribution >= 4 is 11.9 Å². The average molecular weight is 274 g/mol. The van der Waals surface area contributed by atoms with Crippen LogP contribution in [0.15, 0.2) is 30.3 Å². The molecule has 0 fully saturated rings. The monoisotopic (exact) mass is 274 g/mol. The molecule has 0 radical (unpaired) electrons. The Hall–Kier alpha value is -2.35. The second kappa shape index (κ2) is 7.95. The predicted molar refractivity (Wildman–Crippen MR) is 73.5 cm³/mol. The lowest BCUT2D eigenvalue weighted by Crippen LogP contribution is -2.40. The minimum atomic E-state index is -0.790. The van der Waals surface area contributed by atoms with Crippen LogP contribution in [-0.4, -0.2) is 37.0 Å². The molecular formula is C15H18N2O3. The molecule has 5 nitrogen and oxygen atoms in total. The summed E-state index contributed by atoms with van der Waals surface area (Å²) in [5.41, 5.74) is 0.918. The van der Waals surface area contributed by atoms with Gasteiger partial charge in [-0.1, -0.05) is 30.3 Å². The molecule has 1 aromatic carbocycles. The van der Waals surface area contributed by atoms with Gasteiger partial charge in [0.25, 0.3) is 0 Å². The highest BCUT2D eigenvalue weighted by molar-refractivity contribution is 5.85. The van der Waals surface area contributed by atoms with E-state index in [0.717, 1.165) is 5.56 Å². The van der Waals surface area contributed by atoms with Gasteiger partial charge in [0.05, 0.1) is 13.2 Å². The predicted octanol–water partition coefficient (Wildman–Crippen LogP) is 1.39. The van der Waals surface area contributed by atoms with Crippen LogP contribution in [0, 0.1) is 17.2 Å². The van der Waals surface area contributed by atoms with Gasteiger partial charge >= 0.3 is 5.97 Å². The number of nitriles is 1. The van der Waals surface area contributed by atoms with Crippen LogP contribution in [0.4, 0.5) is 0 Å². The Morgan fingerprint density at radius 2 is 2.00 bits per heavy atom. The van der Waals surface area contributed by atoms with Crippen LogP contribution in [0.1, 0.15) is 12.5 Å². The van der Waals surface area contributed by atoms with Crippen molar-refractivity contribution in [1.29, 1.82) is 5.26 Å². The molecule has 0 bridgehead atoms. The third-order valence-corrected chi connectivity index (χ3v) is 2.98. The standard InChI is InChI=1S/C15H18N2O3/c1-3-17(11-14(18)20-2)15(19)13(10-16)9-12-7-5-4-6-8-12/h4-8,13H,3,9,11H2,1-2H3. The Balaban J connectivity index is 2.75. The molecule has 1 atom stereocenters. The van der Waals surface area contributed by atoms with Gasteiger partial charge in [0.15, 0.2) is 0 Å². The minimum Gasteiger partial charge on any atom is -0.468 e. The number of ether oxygens (including phenoxy) is 1. The van der Waals surface area contributed by atoms with Gasteiger partial charge in [-0.25, -0.2) is 0 Å². The molecule has 0 heterocycles. The summed E-state index contributed by atoms with van der Waals surface area (Å²) < 4.78 is 4.55. The Morgan fingerprint density at radius 3 is 2.50 bits per heavy atom. The van der Waals surface area contributed by atoms with E-state index >= 15 is 0 Å². The van der Waals surface area contributed by atoms with Crippen molar-refractivity contribution in [1.82, 2.24) is 4.90 Å². The molecule has 20 heavy (non-hydrogen) atoms. The average Bonchev–Trinajstić information content (AvgIpc) is 2.50. The summed E-state index contributed by atoms with van der Waals surface area (Å²) in [6.45, 7) is 2.00. The van der Waals surface area contributed by atoms with E-state index < -0.39 is 11.9 Å². The van der Waals surface area contributed by atoms with E-state index in [0.29, 0.717) is 13.0 Å². The lowest BCUT2D eigenvalue weighted by atomic mass is 9.99. The maximum Gasteiger partial charge on any atom is 0.325 e. The van der Waals surface area contributed by atoms with E-state index in [2.05, 4.69) is 4.74 Å². The van der Waals surface area contributed by atoms with Gasteiger partial charge in [-0.2, -0.15) is 5.26 Å². The summed E-state index contributed by atoms with van der Waals surface area (Å²) in [6, 6.07) is 11.4. The minimum absolute atomic E-state index is 0.126. The summed E-state index contributed by atoms with van der Waals surface area (Å²) >= 11 is 0. The molecule has 0 spiro atoms. The zero-order chi connectivity index (χ0) is 15.0. The van der Waals surface area contributed by atoms with Gasteiger partial charge in [0, 0.05) is 6.54 Å².